The number of likely N-dealkylation sites (tertiary alicyclic amines) is 1. The number of rotatable bonds is 14. The third-order valence-electron chi connectivity index (χ3n) is 6.68. The molecule has 244 valence electrons. The molecular weight excluding hydrogens is 546 g/mol. The van der Waals surface area contributed by atoms with Crippen LogP contribution in [0.15, 0.2) is 43.0 Å². The van der Waals surface area contributed by atoms with Crippen LogP contribution >= 0.6 is 0 Å². The third kappa shape index (κ3) is 19.8. The third-order valence-corrected chi connectivity index (χ3v) is 6.68. The number of esters is 1. The molecule has 10 nitrogen and oxygen atoms in total. The Morgan fingerprint density at radius 3 is 2.28 bits per heavy atom. The van der Waals surface area contributed by atoms with Crippen molar-refractivity contribution >= 4 is 24.4 Å². The average Bonchev–Trinajstić information content (AvgIpc) is 3.73. The number of likely N-dealkylation sites (N-methyl/N-ethyl adjacent to an activating group) is 1. The maximum atomic E-state index is 11.6. The van der Waals surface area contributed by atoms with E-state index in [9.17, 15) is 19.2 Å². The van der Waals surface area contributed by atoms with Crippen molar-refractivity contribution in [3.05, 3.63) is 48.6 Å². The second-order valence-corrected chi connectivity index (χ2v) is 11.6. The fourth-order valence-electron chi connectivity index (χ4n) is 4.06. The van der Waals surface area contributed by atoms with Gasteiger partial charge in [0.25, 0.3) is 0 Å². The largest absolute Gasteiger partial charge is 0.461 e. The van der Waals surface area contributed by atoms with Crippen LogP contribution in [0.4, 0.5) is 0 Å². The van der Waals surface area contributed by atoms with E-state index in [1.165, 1.54) is 18.4 Å². The first-order valence-corrected chi connectivity index (χ1v) is 15.4. The van der Waals surface area contributed by atoms with E-state index in [1.54, 1.807) is 6.08 Å². The van der Waals surface area contributed by atoms with E-state index in [-0.39, 0.29) is 30.4 Å². The van der Waals surface area contributed by atoms with E-state index in [4.69, 9.17) is 21.9 Å². The van der Waals surface area contributed by atoms with Crippen molar-refractivity contribution in [3.8, 4) is 0 Å². The number of nitrogens with two attached hydrogens (primary N) is 3. The first kappa shape index (κ1) is 40.1. The number of amides is 1. The van der Waals surface area contributed by atoms with Gasteiger partial charge in [0.1, 0.15) is 24.2 Å². The monoisotopic (exact) mass is 603 g/mol. The van der Waals surface area contributed by atoms with Crippen LogP contribution in [0, 0.1) is 11.8 Å². The van der Waals surface area contributed by atoms with Gasteiger partial charge in [-0.1, -0.05) is 63.6 Å². The zero-order valence-electron chi connectivity index (χ0n) is 26.8. The lowest BCUT2D eigenvalue weighted by Crippen LogP contribution is -2.51. The molecule has 1 saturated carbocycles. The molecular formula is C33H57N5O5. The van der Waals surface area contributed by atoms with E-state index in [0.717, 1.165) is 51.5 Å². The van der Waals surface area contributed by atoms with E-state index >= 15 is 0 Å². The van der Waals surface area contributed by atoms with Gasteiger partial charge < -0.3 is 41.7 Å². The molecule has 1 amide bonds. The van der Waals surface area contributed by atoms with Gasteiger partial charge in [0.15, 0.2) is 0 Å². The fourth-order valence-corrected chi connectivity index (χ4v) is 4.06. The molecule has 10 heteroatoms. The number of carbonyl (C=O) groups excluding carboxylic acids is 4. The molecule has 1 saturated heterocycles. The highest BCUT2D eigenvalue weighted by molar-refractivity contribution is 5.83. The molecule has 1 aromatic carbocycles. The first-order chi connectivity index (χ1) is 20.5. The van der Waals surface area contributed by atoms with Crippen LogP contribution < -0.4 is 22.5 Å². The minimum absolute atomic E-state index is 0.0463. The fraction of sp³-hybridized carbons (Fsp3) is 0.636. The summed E-state index contributed by atoms with van der Waals surface area (Å²) in [6.45, 7) is 12.1. The van der Waals surface area contributed by atoms with Gasteiger partial charge in [0.2, 0.25) is 5.91 Å². The highest BCUT2D eigenvalue weighted by Crippen LogP contribution is 2.27. The van der Waals surface area contributed by atoms with Gasteiger partial charge in [0, 0.05) is 19.0 Å². The van der Waals surface area contributed by atoms with E-state index in [1.807, 2.05) is 51.2 Å². The van der Waals surface area contributed by atoms with Crippen molar-refractivity contribution in [1.29, 1.82) is 0 Å². The number of carbonyl (C=O) groups is 4. The normalized spacial score (nSPS) is 18.7. The zero-order valence-corrected chi connectivity index (χ0v) is 26.8. The number of hydrogen-bond acceptors (Lipinski definition) is 9. The number of nitrogens with one attached hydrogen (secondary N) is 1. The molecule has 3 atom stereocenters. The van der Waals surface area contributed by atoms with Gasteiger partial charge in [-0.2, -0.15) is 0 Å². The molecule has 2 aliphatic rings. The highest BCUT2D eigenvalue weighted by atomic mass is 16.6. The molecule has 7 N–H and O–H groups in total. The van der Waals surface area contributed by atoms with Gasteiger partial charge in [-0.3, -0.25) is 4.79 Å². The lowest BCUT2D eigenvalue weighted by molar-refractivity contribution is -0.151. The van der Waals surface area contributed by atoms with Gasteiger partial charge in [0.05, 0.1) is 12.6 Å². The molecule has 43 heavy (non-hydrogen) atoms. The van der Waals surface area contributed by atoms with Crippen LogP contribution in [0.1, 0.15) is 71.3 Å². The number of ether oxygens (including phenoxy) is 1. The molecule has 2 fully saturated rings. The Balaban J connectivity index is 0.000000571. The Morgan fingerprint density at radius 2 is 1.86 bits per heavy atom. The highest BCUT2D eigenvalue weighted by Gasteiger charge is 2.43. The predicted molar refractivity (Wildman–Crippen MR) is 173 cm³/mol. The summed E-state index contributed by atoms with van der Waals surface area (Å²) in [7, 11) is 1.97. The molecule has 1 aliphatic heterocycles. The van der Waals surface area contributed by atoms with Gasteiger partial charge in [-0.05, 0) is 70.0 Å². The van der Waals surface area contributed by atoms with Crippen LogP contribution in [0.3, 0.4) is 0 Å². The summed E-state index contributed by atoms with van der Waals surface area (Å²) in [5, 5.41) is 2.41. The number of benzene rings is 1. The molecule has 1 heterocycles. The summed E-state index contributed by atoms with van der Waals surface area (Å²) in [4.78, 5) is 45.2. The van der Waals surface area contributed by atoms with Crippen molar-refractivity contribution in [2.24, 2.45) is 29.0 Å². The van der Waals surface area contributed by atoms with E-state index in [0.29, 0.717) is 25.2 Å². The molecule has 1 aliphatic carbocycles. The number of aldehydes is 2. The van der Waals surface area contributed by atoms with Gasteiger partial charge in [-0.25, -0.2) is 4.79 Å². The quantitative estimate of drug-likeness (QED) is 0.142. The van der Waals surface area contributed by atoms with Crippen LogP contribution in [-0.2, 0) is 30.3 Å². The van der Waals surface area contributed by atoms with Crippen LogP contribution in [-0.4, -0.2) is 80.3 Å². The molecule has 1 aromatic rings. The minimum Gasteiger partial charge on any atom is -0.461 e. The average molecular weight is 604 g/mol. The van der Waals surface area contributed by atoms with Gasteiger partial charge in [-0.15, -0.1) is 6.58 Å². The number of nitrogens with zero attached hydrogens (tertiary/aromatic N) is 1. The van der Waals surface area contributed by atoms with Crippen molar-refractivity contribution in [2.75, 3.05) is 33.2 Å². The maximum absolute atomic E-state index is 11.6. The standard InChI is InChI=1S/C12H14O.C9H16N2O2.C8H16N2O2.C4H11N/c1-2-6-12(10-13)9-11-7-4-3-5-8-11;1-11-5-4-9(10,6-11)8(12)13-7-2-3-7;1-6(2)5-7(9)8(12)10-3-4-11;1-2-3-4-5/h2-5,7-8,10,12H,1,6,9H2;7H,2-6,10H2,1H3;4,6-7H,3,5,9H2,1-2H3,(H,10,12);2-5H2,1H3/t12-;;;/m1.../s1. The van der Waals surface area contributed by atoms with Crippen LogP contribution in [0.5, 0.6) is 0 Å². The number of hydrogen-bond donors (Lipinski definition) is 4. The van der Waals surface area contributed by atoms with Crippen molar-refractivity contribution in [2.45, 2.75) is 89.8 Å². The SMILES string of the molecule is C=CC[C@@H](C=O)Cc1ccccc1.CC(C)CC(N)C(=O)NCC=O.CCCCN.CN1CCC(N)(C(=O)OC2CC2)C1. The summed E-state index contributed by atoms with van der Waals surface area (Å²) in [6, 6.07) is 9.55. The van der Waals surface area contributed by atoms with Crippen LogP contribution in [0.25, 0.3) is 0 Å². The van der Waals surface area contributed by atoms with Crippen LogP contribution in [0.2, 0.25) is 0 Å². The summed E-state index contributed by atoms with van der Waals surface area (Å²) in [5.74, 6) is 0.0111. The Labute approximate surface area is 259 Å². The second-order valence-electron chi connectivity index (χ2n) is 11.6. The molecule has 0 spiro atoms. The maximum Gasteiger partial charge on any atom is 0.327 e. The van der Waals surface area contributed by atoms with Crippen molar-refractivity contribution in [3.63, 3.8) is 0 Å². The lowest BCUT2D eigenvalue weighted by atomic mass is 9.98. The molecule has 0 aromatic heterocycles. The van der Waals surface area contributed by atoms with Gasteiger partial charge >= 0.3 is 5.97 Å². The number of unbranched alkanes of at least 4 members (excludes halogenated alkanes) is 1. The smallest absolute Gasteiger partial charge is 0.327 e. The Morgan fingerprint density at radius 1 is 1.21 bits per heavy atom. The van der Waals surface area contributed by atoms with E-state index < -0.39 is 11.6 Å². The summed E-state index contributed by atoms with van der Waals surface area (Å²) in [5.41, 5.74) is 17.1. The Bertz CT molecular complexity index is 924. The summed E-state index contributed by atoms with van der Waals surface area (Å²) < 4.78 is 5.21. The minimum atomic E-state index is -0.739. The second kappa shape index (κ2) is 23.5. The summed E-state index contributed by atoms with van der Waals surface area (Å²) in [6.07, 6.45) is 11.0. The molecule has 3 rings (SSSR count). The van der Waals surface area contributed by atoms with Crippen molar-refractivity contribution in [1.82, 2.24) is 10.2 Å². The Hall–Kier alpha value is -2.92. The summed E-state index contributed by atoms with van der Waals surface area (Å²) >= 11 is 0. The molecule has 2 unspecified atom stereocenters. The Kier molecular flexibility index (Phi) is 21.9. The topological polar surface area (TPSA) is 171 Å². The molecule has 0 bridgehead atoms. The number of allylic oxidation sites excluding steroid dienone is 1. The molecule has 0 radical (unpaired) electrons. The lowest BCUT2D eigenvalue weighted by Gasteiger charge is -2.21. The van der Waals surface area contributed by atoms with Crippen molar-refractivity contribution < 1.29 is 23.9 Å². The zero-order chi connectivity index (χ0) is 32.7. The van der Waals surface area contributed by atoms with E-state index in [2.05, 4.69) is 23.7 Å². The first-order valence-electron chi connectivity index (χ1n) is 15.4. The predicted octanol–water partition coefficient (Wildman–Crippen LogP) is 2.77.